The molecule has 0 aromatic carbocycles. The van der Waals surface area contributed by atoms with Crippen molar-refractivity contribution in [1.82, 2.24) is 16.1 Å². The largest absolute Gasteiger partial charge is 0.353 e. The summed E-state index contributed by atoms with van der Waals surface area (Å²) in [6.07, 6.45) is 11.8. The van der Waals surface area contributed by atoms with Crippen molar-refractivity contribution in [1.29, 1.82) is 0 Å². The molecule has 0 saturated heterocycles. The van der Waals surface area contributed by atoms with E-state index in [0.717, 1.165) is 77.2 Å². The van der Waals surface area contributed by atoms with Crippen LogP contribution in [-0.2, 0) is 9.59 Å². The summed E-state index contributed by atoms with van der Waals surface area (Å²) in [5, 5.41) is 15.0. The summed E-state index contributed by atoms with van der Waals surface area (Å²) in [5.41, 5.74) is 2.16. The highest BCUT2D eigenvalue weighted by molar-refractivity contribution is 5.76. The van der Waals surface area contributed by atoms with Crippen molar-refractivity contribution in [2.24, 2.45) is 5.92 Å². The van der Waals surface area contributed by atoms with Crippen LogP contribution in [0.3, 0.4) is 0 Å². The fraction of sp³-hybridized carbons (Fsp3) is 0.889. The lowest BCUT2D eigenvalue weighted by molar-refractivity contribution is -0.122. The molecule has 0 atom stereocenters. The normalized spacial score (nSPS) is 20.7. The van der Waals surface area contributed by atoms with Gasteiger partial charge in [0.25, 0.3) is 0 Å². The van der Waals surface area contributed by atoms with Gasteiger partial charge in [-0.15, -0.1) is 0 Å². The zero-order chi connectivity index (χ0) is 17.5. The molecule has 140 valence electrons. The number of hydroxylamine groups is 1. The van der Waals surface area contributed by atoms with Crippen molar-refractivity contribution in [3.8, 4) is 0 Å². The molecule has 1 saturated carbocycles. The number of hydrogen-bond donors (Lipinski definition) is 4. The van der Waals surface area contributed by atoms with Gasteiger partial charge >= 0.3 is 0 Å². The maximum absolute atomic E-state index is 12.0. The van der Waals surface area contributed by atoms with E-state index in [1.807, 2.05) is 0 Å². The van der Waals surface area contributed by atoms with Gasteiger partial charge in [0, 0.05) is 32.0 Å². The summed E-state index contributed by atoms with van der Waals surface area (Å²) in [6.45, 7) is 2.41. The van der Waals surface area contributed by atoms with E-state index in [-0.39, 0.29) is 5.91 Å². The summed E-state index contributed by atoms with van der Waals surface area (Å²) in [4.78, 5) is 22.2. The predicted octanol–water partition coefficient (Wildman–Crippen LogP) is 2.16. The Hall–Kier alpha value is -0.980. The van der Waals surface area contributed by atoms with Gasteiger partial charge in [0.05, 0.1) is 0 Å². The van der Waals surface area contributed by atoms with Crippen molar-refractivity contribution >= 4 is 12.2 Å². The van der Waals surface area contributed by atoms with Crippen LogP contribution in [0.1, 0.15) is 70.6 Å². The monoisotopic (exact) mass is 341 g/mol. The van der Waals surface area contributed by atoms with Crippen LogP contribution in [0.15, 0.2) is 0 Å². The van der Waals surface area contributed by atoms with Gasteiger partial charge in [-0.25, -0.2) is 5.48 Å². The number of aldehydes is 1. The first-order valence-electron chi connectivity index (χ1n) is 9.57. The van der Waals surface area contributed by atoms with E-state index in [9.17, 15) is 9.59 Å². The molecule has 6 heteroatoms. The number of carbonyl (C=O) groups excluding carboxylic acids is 2. The number of rotatable bonds is 14. The Morgan fingerprint density at radius 2 is 1.71 bits per heavy atom. The first-order valence-corrected chi connectivity index (χ1v) is 9.57. The molecule has 0 bridgehead atoms. The fourth-order valence-corrected chi connectivity index (χ4v) is 3.30. The Morgan fingerprint density at radius 3 is 2.42 bits per heavy atom. The Morgan fingerprint density at radius 1 is 1.00 bits per heavy atom. The first kappa shape index (κ1) is 21.1. The Balaban J connectivity index is 1.97. The van der Waals surface area contributed by atoms with Gasteiger partial charge in [-0.3, -0.25) is 4.79 Å². The minimum absolute atomic E-state index is 0.194. The summed E-state index contributed by atoms with van der Waals surface area (Å²) in [7, 11) is 0. The molecule has 1 rings (SSSR count). The average Bonchev–Trinajstić information content (AvgIpc) is 2.59. The van der Waals surface area contributed by atoms with Crippen LogP contribution >= 0.6 is 0 Å². The molecule has 0 aliphatic heterocycles. The van der Waals surface area contributed by atoms with E-state index in [1.54, 1.807) is 0 Å². The minimum Gasteiger partial charge on any atom is -0.353 e. The highest BCUT2D eigenvalue weighted by atomic mass is 16.5. The molecule has 4 N–H and O–H groups in total. The van der Waals surface area contributed by atoms with Crippen LogP contribution in [0, 0.1) is 5.92 Å². The SMILES string of the molecule is O=CCCNCC1CCC(NC(=O)CCCCCCCNO)CC1. The second-order valence-electron chi connectivity index (χ2n) is 6.87. The van der Waals surface area contributed by atoms with Gasteiger partial charge in [-0.05, 0) is 51.0 Å². The Kier molecular flexibility index (Phi) is 12.6. The highest BCUT2D eigenvalue weighted by Gasteiger charge is 2.21. The Bertz CT molecular complexity index is 331. The highest BCUT2D eigenvalue weighted by Crippen LogP contribution is 2.23. The number of carbonyl (C=O) groups is 2. The third-order valence-corrected chi connectivity index (χ3v) is 4.78. The number of hydrogen-bond acceptors (Lipinski definition) is 5. The number of amides is 1. The smallest absolute Gasteiger partial charge is 0.220 e. The second-order valence-corrected chi connectivity index (χ2v) is 6.87. The van der Waals surface area contributed by atoms with E-state index in [4.69, 9.17) is 5.21 Å². The summed E-state index contributed by atoms with van der Waals surface area (Å²) < 4.78 is 0. The molecule has 0 radical (unpaired) electrons. The molecule has 1 amide bonds. The van der Waals surface area contributed by atoms with Crippen molar-refractivity contribution < 1.29 is 14.8 Å². The molecule has 24 heavy (non-hydrogen) atoms. The zero-order valence-corrected chi connectivity index (χ0v) is 14.9. The van der Waals surface area contributed by atoms with Gasteiger partial charge < -0.3 is 20.6 Å². The quantitative estimate of drug-likeness (QED) is 0.221. The third-order valence-electron chi connectivity index (χ3n) is 4.78. The predicted molar refractivity (Wildman–Crippen MR) is 94.9 cm³/mol. The number of unbranched alkanes of at least 4 members (excludes halogenated alkanes) is 4. The minimum atomic E-state index is 0.194. The summed E-state index contributed by atoms with van der Waals surface area (Å²) >= 11 is 0. The topological polar surface area (TPSA) is 90.5 Å². The van der Waals surface area contributed by atoms with Crippen LogP contribution < -0.4 is 16.1 Å². The third kappa shape index (κ3) is 10.7. The van der Waals surface area contributed by atoms with Gasteiger partial charge in [-0.1, -0.05) is 19.3 Å². The lowest BCUT2D eigenvalue weighted by Gasteiger charge is -2.29. The first-order chi connectivity index (χ1) is 11.8. The van der Waals surface area contributed by atoms with Crippen LogP contribution in [0.25, 0.3) is 0 Å². The standard InChI is InChI=1S/C18H35N3O3/c22-14-6-12-19-15-16-8-10-17(11-9-16)21-18(23)7-4-2-1-3-5-13-20-24/h14,16-17,19-20,24H,1-13,15H2,(H,21,23). The fourth-order valence-electron chi connectivity index (χ4n) is 3.30. The Labute approximate surface area is 146 Å². The van der Waals surface area contributed by atoms with Crippen molar-refractivity contribution in [3.05, 3.63) is 0 Å². The van der Waals surface area contributed by atoms with E-state index in [1.165, 1.54) is 0 Å². The van der Waals surface area contributed by atoms with Crippen molar-refractivity contribution in [2.45, 2.75) is 76.7 Å². The average molecular weight is 341 g/mol. The molecule has 0 unspecified atom stereocenters. The van der Waals surface area contributed by atoms with Crippen LogP contribution in [0.4, 0.5) is 0 Å². The molecule has 0 spiro atoms. The molecule has 0 heterocycles. The van der Waals surface area contributed by atoms with E-state index in [2.05, 4.69) is 16.1 Å². The lowest BCUT2D eigenvalue weighted by atomic mass is 9.86. The van der Waals surface area contributed by atoms with Gasteiger partial charge in [0.15, 0.2) is 0 Å². The van der Waals surface area contributed by atoms with E-state index >= 15 is 0 Å². The maximum Gasteiger partial charge on any atom is 0.220 e. The van der Waals surface area contributed by atoms with Gasteiger partial charge in [0.2, 0.25) is 5.91 Å². The van der Waals surface area contributed by atoms with Crippen LogP contribution in [0.2, 0.25) is 0 Å². The van der Waals surface area contributed by atoms with Crippen LogP contribution in [-0.4, -0.2) is 43.1 Å². The molecule has 1 fully saturated rings. The molecule has 0 aromatic heterocycles. The van der Waals surface area contributed by atoms with E-state index < -0.39 is 0 Å². The summed E-state index contributed by atoms with van der Waals surface area (Å²) in [6, 6.07) is 0.347. The van der Waals surface area contributed by atoms with Gasteiger partial charge in [0.1, 0.15) is 6.29 Å². The summed E-state index contributed by atoms with van der Waals surface area (Å²) in [5.74, 6) is 0.873. The molecule has 1 aliphatic carbocycles. The molecular formula is C18H35N3O3. The number of nitrogens with one attached hydrogen (secondary N) is 3. The molecule has 6 nitrogen and oxygen atoms in total. The van der Waals surface area contributed by atoms with Crippen molar-refractivity contribution in [2.75, 3.05) is 19.6 Å². The van der Waals surface area contributed by atoms with Crippen molar-refractivity contribution in [3.63, 3.8) is 0 Å². The van der Waals surface area contributed by atoms with Crippen LogP contribution in [0.5, 0.6) is 0 Å². The second kappa shape index (κ2) is 14.4. The molecule has 0 aromatic rings. The molecular weight excluding hydrogens is 306 g/mol. The maximum atomic E-state index is 12.0. The molecule has 1 aliphatic rings. The zero-order valence-electron chi connectivity index (χ0n) is 14.9. The van der Waals surface area contributed by atoms with E-state index in [0.29, 0.717) is 31.3 Å². The lowest BCUT2D eigenvalue weighted by Crippen LogP contribution is -2.39. The van der Waals surface area contributed by atoms with Gasteiger partial charge in [-0.2, -0.15) is 0 Å².